The molecule has 12 heteroatoms. The highest BCUT2D eigenvalue weighted by Gasteiger charge is 2.27. The highest BCUT2D eigenvalue weighted by molar-refractivity contribution is 7.93. The van der Waals surface area contributed by atoms with Crippen LogP contribution in [0, 0.1) is 0 Å². The third-order valence-electron chi connectivity index (χ3n) is 5.12. The average Bonchev–Trinajstić information content (AvgIpc) is 2.82. The first-order chi connectivity index (χ1) is 16.9. The van der Waals surface area contributed by atoms with Gasteiger partial charge < -0.3 is 10.1 Å². The Morgan fingerprint density at radius 1 is 0.944 bits per heavy atom. The van der Waals surface area contributed by atoms with Crippen molar-refractivity contribution in [3.8, 4) is 5.75 Å². The van der Waals surface area contributed by atoms with Gasteiger partial charge in [-0.3, -0.25) is 13.4 Å². The summed E-state index contributed by atoms with van der Waals surface area (Å²) in [5.41, 5.74) is 0.908. The van der Waals surface area contributed by atoms with Crippen molar-refractivity contribution in [1.29, 1.82) is 0 Å². The lowest BCUT2D eigenvalue weighted by Crippen LogP contribution is -2.38. The Morgan fingerprint density at radius 2 is 1.58 bits per heavy atom. The number of nitrogens with one attached hydrogen (secondary N) is 1. The molecule has 0 atom stereocenters. The zero-order valence-corrected chi connectivity index (χ0v) is 22.3. The summed E-state index contributed by atoms with van der Waals surface area (Å²) in [5.74, 6) is -0.0677. The number of anilines is 3. The first-order valence-corrected chi connectivity index (χ1v) is 14.4. The van der Waals surface area contributed by atoms with Crippen LogP contribution in [0.4, 0.5) is 17.1 Å². The minimum absolute atomic E-state index is 0.0367. The van der Waals surface area contributed by atoms with Crippen LogP contribution in [0.3, 0.4) is 0 Å². The second-order valence-electron chi connectivity index (χ2n) is 7.72. The fraction of sp³-hybridized carbons (Fsp3) is 0.208. The molecule has 0 unspecified atom stereocenters. The Balaban J connectivity index is 1.91. The lowest BCUT2D eigenvalue weighted by atomic mass is 10.2. The molecule has 3 rings (SSSR count). The van der Waals surface area contributed by atoms with E-state index in [1.165, 1.54) is 37.4 Å². The van der Waals surface area contributed by atoms with E-state index in [1.807, 2.05) is 6.92 Å². The molecule has 1 N–H and O–H groups in total. The molecule has 0 fully saturated rings. The molecule has 0 saturated heterocycles. The van der Waals surface area contributed by atoms with Gasteiger partial charge in [0, 0.05) is 17.8 Å². The number of hydrogen-bond acceptors (Lipinski definition) is 6. The van der Waals surface area contributed by atoms with Crippen LogP contribution in [0.25, 0.3) is 0 Å². The maximum absolute atomic E-state index is 13.5. The van der Waals surface area contributed by atoms with Gasteiger partial charge in [0.15, 0.2) is 0 Å². The Bertz CT molecular complexity index is 1430. The molecule has 0 aliphatic rings. The summed E-state index contributed by atoms with van der Waals surface area (Å²) in [6.07, 6.45) is 1.06. The van der Waals surface area contributed by atoms with E-state index in [1.54, 1.807) is 42.5 Å². The second-order valence-corrected chi connectivity index (χ2v) is 12.0. The van der Waals surface area contributed by atoms with E-state index < -0.39 is 32.5 Å². The average molecular weight is 552 g/mol. The second kappa shape index (κ2) is 11.2. The van der Waals surface area contributed by atoms with E-state index in [0.29, 0.717) is 28.8 Å². The van der Waals surface area contributed by atoms with E-state index >= 15 is 0 Å². The number of sulfonamides is 2. The molecule has 0 radical (unpaired) electrons. The Hall–Kier alpha value is -3.28. The van der Waals surface area contributed by atoms with Crippen LogP contribution < -0.4 is 18.7 Å². The molecule has 3 aromatic carbocycles. The van der Waals surface area contributed by atoms with Gasteiger partial charge in [-0.25, -0.2) is 16.8 Å². The van der Waals surface area contributed by atoms with Crippen LogP contribution in [-0.4, -0.2) is 49.2 Å². The largest absolute Gasteiger partial charge is 0.494 e. The van der Waals surface area contributed by atoms with Gasteiger partial charge in [-0.2, -0.15) is 0 Å². The van der Waals surface area contributed by atoms with Gasteiger partial charge >= 0.3 is 0 Å². The molecule has 9 nitrogen and oxygen atoms in total. The van der Waals surface area contributed by atoms with E-state index in [4.69, 9.17) is 16.3 Å². The summed E-state index contributed by atoms with van der Waals surface area (Å²) >= 11 is 5.92. The van der Waals surface area contributed by atoms with Gasteiger partial charge in [0.2, 0.25) is 15.9 Å². The number of carbonyl (C=O) groups excluding carboxylic acids is 1. The van der Waals surface area contributed by atoms with Gasteiger partial charge in [0.1, 0.15) is 12.3 Å². The summed E-state index contributed by atoms with van der Waals surface area (Å²) in [5, 5.41) is 3.01. The van der Waals surface area contributed by atoms with Crippen molar-refractivity contribution in [2.75, 3.05) is 40.4 Å². The van der Waals surface area contributed by atoms with Gasteiger partial charge in [-0.1, -0.05) is 17.7 Å². The molecule has 3 aromatic rings. The molecule has 1 amide bonds. The SMILES string of the molecule is CCOc1ccc(N(CC(=O)Nc2cccc(N(C)S(C)(=O)=O)c2)S(=O)(=O)c2ccc(Cl)cc2)cc1. The van der Waals surface area contributed by atoms with Gasteiger partial charge in [-0.05, 0) is 73.7 Å². The van der Waals surface area contributed by atoms with E-state index in [2.05, 4.69) is 5.32 Å². The minimum Gasteiger partial charge on any atom is -0.494 e. The van der Waals surface area contributed by atoms with Crippen molar-refractivity contribution in [1.82, 2.24) is 0 Å². The molecule has 0 saturated carbocycles. The van der Waals surface area contributed by atoms with Crippen LogP contribution in [0.1, 0.15) is 6.92 Å². The van der Waals surface area contributed by atoms with Crippen molar-refractivity contribution in [3.63, 3.8) is 0 Å². The van der Waals surface area contributed by atoms with E-state index in [-0.39, 0.29) is 10.6 Å². The predicted octanol–water partition coefficient (Wildman–Crippen LogP) is 3.97. The zero-order valence-electron chi connectivity index (χ0n) is 19.9. The van der Waals surface area contributed by atoms with Crippen LogP contribution in [-0.2, 0) is 24.8 Å². The van der Waals surface area contributed by atoms with E-state index in [9.17, 15) is 21.6 Å². The van der Waals surface area contributed by atoms with Crippen molar-refractivity contribution in [2.24, 2.45) is 0 Å². The van der Waals surface area contributed by atoms with Crippen molar-refractivity contribution < 1.29 is 26.4 Å². The van der Waals surface area contributed by atoms with E-state index in [0.717, 1.165) is 14.9 Å². The predicted molar refractivity (Wildman–Crippen MR) is 142 cm³/mol. The maximum Gasteiger partial charge on any atom is 0.264 e. The maximum atomic E-state index is 13.5. The summed E-state index contributed by atoms with van der Waals surface area (Å²) < 4.78 is 58.2. The number of benzene rings is 3. The van der Waals surface area contributed by atoms with Crippen LogP contribution in [0.5, 0.6) is 5.75 Å². The fourth-order valence-corrected chi connectivity index (χ4v) is 5.27. The van der Waals surface area contributed by atoms with Crippen molar-refractivity contribution in [3.05, 3.63) is 77.8 Å². The third kappa shape index (κ3) is 6.68. The number of halogens is 1. The molecule has 0 heterocycles. The minimum atomic E-state index is -4.14. The molecule has 0 aliphatic heterocycles. The molecular weight excluding hydrogens is 526 g/mol. The molecule has 0 spiro atoms. The van der Waals surface area contributed by atoms with Crippen LogP contribution in [0.15, 0.2) is 77.7 Å². The standard InChI is InChI=1S/C24H26ClN3O6S2/c1-4-34-22-12-10-20(11-13-22)28(36(32,33)23-14-8-18(25)9-15-23)17-24(29)26-19-6-5-7-21(16-19)27(2)35(3,30)31/h5-16H,4,17H2,1-3H3,(H,26,29). The number of amides is 1. The number of hydrogen-bond donors (Lipinski definition) is 1. The number of carbonyl (C=O) groups is 1. The smallest absolute Gasteiger partial charge is 0.264 e. The van der Waals surface area contributed by atoms with Crippen LogP contribution in [0.2, 0.25) is 5.02 Å². The molecule has 192 valence electrons. The van der Waals surface area contributed by atoms with Gasteiger partial charge in [0.05, 0.1) is 29.1 Å². The quantitative estimate of drug-likeness (QED) is 0.408. The topological polar surface area (TPSA) is 113 Å². The third-order valence-corrected chi connectivity index (χ3v) is 8.36. The molecule has 0 bridgehead atoms. The Labute approximate surface area is 216 Å². The molecule has 0 aromatic heterocycles. The van der Waals surface area contributed by atoms with Gasteiger partial charge in [-0.15, -0.1) is 0 Å². The molecule has 0 aliphatic carbocycles. The first kappa shape index (κ1) is 27.3. The molecule has 36 heavy (non-hydrogen) atoms. The zero-order chi connectivity index (χ0) is 26.5. The summed E-state index contributed by atoms with van der Waals surface area (Å²) in [7, 11) is -6.25. The lowest BCUT2D eigenvalue weighted by molar-refractivity contribution is -0.114. The number of ether oxygens (including phenoxy) is 1. The highest BCUT2D eigenvalue weighted by Crippen LogP contribution is 2.27. The summed E-state index contributed by atoms with van der Waals surface area (Å²) in [6.45, 7) is 1.74. The van der Waals surface area contributed by atoms with Crippen molar-refractivity contribution in [2.45, 2.75) is 11.8 Å². The normalized spacial score (nSPS) is 11.6. The Kier molecular flexibility index (Phi) is 8.49. The van der Waals surface area contributed by atoms with Crippen LogP contribution >= 0.6 is 11.6 Å². The molecular formula is C24H26ClN3O6S2. The summed E-state index contributed by atoms with van der Waals surface area (Å²) in [4.78, 5) is 12.9. The first-order valence-electron chi connectivity index (χ1n) is 10.8. The van der Waals surface area contributed by atoms with Gasteiger partial charge in [0.25, 0.3) is 10.0 Å². The monoisotopic (exact) mass is 551 g/mol. The summed E-state index contributed by atoms with van der Waals surface area (Å²) in [6, 6.07) is 18.2. The van der Waals surface area contributed by atoms with Crippen molar-refractivity contribution >= 4 is 54.6 Å². The number of nitrogens with zero attached hydrogens (tertiary/aromatic N) is 2. The number of rotatable bonds is 10. The lowest BCUT2D eigenvalue weighted by Gasteiger charge is -2.24. The fourth-order valence-electron chi connectivity index (χ4n) is 3.23. The Morgan fingerprint density at radius 3 is 2.17 bits per heavy atom. The highest BCUT2D eigenvalue weighted by atomic mass is 35.5.